The minimum atomic E-state index is -0.294. The highest BCUT2D eigenvalue weighted by Gasteiger charge is 2.46. The lowest BCUT2D eigenvalue weighted by Crippen LogP contribution is -2.61. The van der Waals surface area contributed by atoms with Crippen molar-refractivity contribution in [2.24, 2.45) is 0 Å². The van der Waals surface area contributed by atoms with Crippen molar-refractivity contribution < 1.29 is 8.83 Å². The molecule has 0 bridgehead atoms. The number of para-hydroxylation sites is 7. The summed E-state index contributed by atoms with van der Waals surface area (Å²) in [6.07, 6.45) is 0. The summed E-state index contributed by atoms with van der Waals surface area (Å²) in [5.41, 5.74) is 30.2. The molecule has 446 valence electrons. The summed E-state index contributed by atoms with van der Waals surface area (Å²) in [4.78, 5) is 5.30. The lowest BCUT2D eigenvalue weighted by molar-refractivity contribution is 0.669. The second-order valence-corrected chi connectivity index (χ2v) is 25.4. The first kappa shape index (κ1) is 54.0. The molecule has 0 radical (unpaired) electrons. The van der Waals surface area contributed by atoms with Crippen LogP contribution < -0.4 is 26.2 Å². The van der Waals surface area contributed by atoms with Gasteiger partial charge in [-0.1, -0.05) is 279 Å². The number of hydrogen-bond acceptors (Lipinski definition) is 4. The molecular formula is C90H56BN3O2. The molecule has 5 heterocycles. The van der Waals surface area contributed by atoms with Crippen molar-refractivity contribution in [1.82, 2.24) is 4.57 Å². The lowest BCUT2D eigenvalue weighted by Gasteiger charge is -2.46. The standard InChI is InChI=1S/C90H56BN3O2/c1-5-24-57(25-6-1)65-36-21-37-66(58-26-7-2-8-27-58)88(65)93-80-50-47-63(69-40-23-41-74-72-34-15-20-45-85(72)96-90(69)74)53-77(80)91-76-49-46-62(61-48-51-86-75(52-61)73-35-16-19-44-84(73)95-86)54-81(76)94(89-67(59-28-9-3-10-29-59)38-22-39-68(89)60-30-11-4-12-31-60)83-56-64(55-82(93)87(83)91)92-78-42-17-13-32-70(78)71-33-14-18-43-79(71)92/h1-56H. The molecule has 0 saturated heterocycles. The number of furan rings is 2. The highest BCUT2D eigenvalue weighted by Crippen LogP contribution is 2.54. The molecule has 18 aromatic rings. The number of anilines is 6. The van der Waals surface area contributed by atoms with Crippen molar-refractivity contribution in [3.8, 4) is 72.4 Å². The number of benzene rings is 15. The summed E-state index contributed by atoms with van der Waals surface area (Å²) < 4.78 is 16.0. The Kier molecular flexibility index (Phi) is 12.1. The fraction of sp³-hybridized carbons (Fsp3) is 0. The van der Waals surface area contributed by atoms with Gasteiger partial charge in [-0.3, -0.25) is 0 Å². The normalized spacial score (nSPS) is 12.5. The summed E-state index contributed by atoms with van der Waals surface area (Å²) >= 11 is 0. The summed E-state index contributed by atoms with van der Waals surface area (Å²) in [6, 6.07) is 125. The van der Waals surface area contributed by atoms with E-state index >= 15 is 0 Å². The molecule has 5 nitrogen and oxygen atoms in total. The third-order valence-corrected chi connectivity index (χ3v) is 20.2. The van der Waals surface area contributed by atoms with Gasteiger partial charge in [-0.2, -0.15) is 0 Å². The van der Waals surface area contributed by atoms with E-state index in [2.05, 4.69) is 348 Å². The second-order valence-electron chi connectivity index (χ2n) is 25.4. The Morgan fingerprint density at radius 2 is 0.667 bits per heavy atom. The Labute approximate surface area is 554 Å². The molecule has 0 N–H and O–H groups in total. The topological polar surface area (TPSA) is 37.7 Å². The molecular weight excluding hydrogens is 1170 g/mol. The van der Waals surface area contributed by atoms with E-state index in [1.54, 1.807) is 0 Å². The second kappa shape index (κ2) is 21.5. The predicted octanol–water partition coefficient (Wildman–Crippen LogP) is 22.7. The number of fused-ring (bicyclic) bond motifs is 13. The van der Waals surface area contributed by atoms with Gasteiger partial charge in [0.05, 0.1) is 28.1 Å². The molecule has 0 saturated carbocycles. The summed E-state index contributed by atoms with van der Waals surface area (Å²) in [6.45, 7) is -0.294. The van der Waals surface area contributed by atoms with Gasteiger partial charge in [-0.15, -0.1) is 0 Å². The maximum absolute atomic E-state index is 6.94. The quantitative estimate of drug-likeness (QED) is 0.135. The van der Waals surface area contributed by atoms with Gasteiger partial charge in [0.1, 0.15) is 22.3 Å². The van der Waals surface area contributed by atoms with Crippen molar-refractivity contribution in [2.45, 2.75) is 0 Å². The van der Waals surface area contributed by atoms with E-state index in [0.717, 1.165) is 161 Å². The average Bonchev–Trinajstić information content (AvgIpc) is 0.808. The van der Waals surface area contributed by atoms with Crippen LogP contribution in [0.5, 0.6) is 0 Å². The van der Waals surface area contributed by atoms with Crippen LogP contribution in [0.4, 0.5) is 34.1 Å². The van der Waals surface area contributed by atoms with Crippen molar-refractivity contribution in [3.63, 3.8) is 0 Å². The molecule has 0 atom stereocenters. The third-order valence-electron chi connectivity index (χ3n) is 20.2. The monoisotopic (exact) mass is 1220 g/mol. The molecule has 2 aliphatic rings. The van der Waals surface area contributed by atoms with Crippen molar-refractivity contribution in [1.29, 1.82) is 0 Å². The van der Waals surface area contributed by atoms with Crippen molar-refractivity contribution in [3.05, 3.63) is 340 Å². The van der Waals surface area contributed by atoms with E-state index in [1.807, 2.05) is 6.07 Å². The van der Waals surface area contributed by atoms with Crippen LogP contribution in [-0.2, 0) is 0 Å². The first-order valence-electron chi connectivity index (χ1n) is 33.0. The number of aromatic nitrogens is 1. The van der Waals surface area contributed by atoms with E-state index in [0.29, 0.717) is 0 Å². The Morgan fingerprint density at radius 3 is 1.24 bits per heavy atom. The largest absolute Gasteiger partial charge is 0.456 e. The van der Waals surface area contributed by atoms with Crippen molar-refractivity contribution in [2.75, 3.05) is 9.80 Å². The summed E-state index contributed by atoms with van der Waals surface area (Å²) in [5, 5.41) is 6.77. The first-order chi connectivity index (χ1) is 47.6. The minimum Gasteiger partial charge on any atom is -0.456 e. The molecule has 0 fully saturated rings. The van der Waals surface area contributed by atoms with E-state index in [-0.39, 0.29) is 6.71 Å². The zero-order valence-corrected chi connectivity index (χ0v) is 52.1. The minimum absolute atomic E-state index is 0.294. The van der Waals surface area contributed by atoms with Gasteiger partial charge in [0.25, 0.3) is 6.71 Å². The molecule has 6 heteroatoms. The SMILES string of the molecule is c1ccc(-c2cccc(-c3ccccc3)c2N2c3ccc(-c4cccc5c4oc4ccccc45)cc3B3c4ccc(-c5ccc6oc7ccccc7c6c5)cc4N(c4c(-c5ccccc5)cccc4-c4ccccc4)c4cc(-n5c6ccccc6c6ccccc65)cc2c43)cc1. The third kappa shape index (κ3) is 8.25. The molecule has 20 rings (SSSR count). The van der Waals surface area contributed by atoms with Gasteiger partial charge in [0.2, 0.25) is 0 Å². The number of nitrogens with zero attached hydrogens (tertiary/aromatic N) is 3. The molecule has 0 unspecified atom stereocenters. The maximum Gasteiger partial charge on any atom is 0.252 e. The molecule has 15 aromatic carbocycles. The number of hydrogen-bond donors (Lipinski definition) is 0. The highest BCUT2D eigenvalue weighted by atomic mass is 16.3. The van der Waals surface area contributed by atoms with Crippen LogP contribution in [0.3, 0.4) is 0 Å². The summed E-state index contributed by atoms with van der Waals surface area (Å²) in [5.74, 6) is 0. The molecule has 2 aliphatic heterocycles. The van der Waals surface area contributed by atoms with Gasteiger partial charge in [0.15, 0.2) is 0 Å². The fourth-order valence-corrected chi connectivity index (χ4v) is 16.0. The van der Waals surface area contributed by atoms with E-state index < -0.39 is 0 Å². The lowest BCUT2D eigenvalue weighted by atomic mass is 9.33. The van der Waals surface area contributed by atoms with Gasteiger partial charge in [-0.05, 0) is 116 Å². The van der Waals surface area contributed by atoms with Crippen LogP contribution in [0.1, 0.15) is 0 Å². The predicted molar refractivity (Wildman–Crippen MR) is 402 cm³/mol. The molecule has 0 aliphatic carbocycles. The molecule has 0 amide bonds. The smallest absolute Gasteiger partial charge is 0.252 e. The van der Waals surface area contributed by atoms with Crippen LogP contribution in [-0.4, -0.2) is 11.3 Å². The Bertz CT molecular complexity index is 6000. The summed E-state index contributed by atoms with van der Waals surface area (Å²) in [7, 11) is 0. The maximum atomic E-state index is 6.94. The first-order valence-corrected chi connectivity index (χ1v) is 33.0. The highest BCUT2D eigenvalue weighted by molar-refractivity contribution is 7.00. The van der Waals surface area contributed by atoms with Crippen molar-refractivity contribution >= 4 is 123 Å². The van der Waals surface area contributed by atoms with Crippen LogP contribution >= 0.6 is 0 Å². The Balaban J connectivity index is 0.970. The zero-order chi connectivity index (χ0) is 63.0. The van der Waals surface area contributed by atoms with E-state index in [1.165, 1.54) is 27.2 Å². The Hall–Kier alpha value is -12.6. The average molecular weight is 1220 g/mol. The molecule has 3 aromatic heterocycles. The van der Waals surface area contributed by atoms with Crippen LogP contribution in [0.2, 0.25) is 0 Å². The van der Waals surface area contributed by atoms with E-state index in [9.17, 15) is 0 Å². The van der Waals surface area contributed by atoms with Crippen LogP contribution in [0, 0.1) is 0 Å². The van der Waals surface area contributed by atoms with Crippen LogP contribution in [0.25, 0.3) is 138 Å². The van der Waals surface area contributed by atoms with Gasteiger partial charge < -0.3 is 23.2 Å². The van der Waals surface area contributed by atoms with Gasteiger partial charge in [0, 0.05) is 82.9 Å². The number of rotatable bonds is 9. The molecule has 96 heavy (non-hydrogen) atoms. The van der Waals surface area contributed by atoms with E-state index in [4.69, 9.17) is 8.83 Å². The van der Waals surface area contributed by atoms with Gasteiger partial charge >= 0.3 is 0 Å². The fourth-order valence-electron chi connectivity index (χ4n) is 16.0. The van der Waals surface area contributed by atoms with Gasteiger partial charge in [-0.25, -0.2) is 0 Å². The molecule has 0 spiro atoms. The van der Waals surface area contributed by atoms with Crippen LogP contribution in [0.15, 0.2) is 349 Å². The zero-order valence-electron chi connectivity index (χ0n) is 52.1. The Morgan fingerprint density at radius 1 is 0.240 bits per heavy atom.